The van der Waals surface area contributed by atoms with Crippen LogP contribution in [0.4, 0.5) is 20.4 Å². The molecule has 0 aliphatic rings. The van der Waals surface area contributed by atoms with Gasteiger partial charge in [0.1, 0.15) is 4.34 Å². The third kappa shape index (κ3) is 6.93. The third-order valence-electron chi connectivity index (χ3n) is 3.38. The number of carbonyl (C=O) groups is 3. The molecule has 28 heavy (non-hydrogen) atoms. The van der Waals surface area contributed by atoms with Crippen LogP contribution >= 0.6 is 22.9 Å². The van der Waals surface area contributed by atoms with Crippen molar-refractivity contribution < 1.29 is 24.6 Å². The number of thiazole rings is 1. The molecule has 2 rings (SSSR count). The largest absolute Gasteiger partial charge is 0.465 e. The summed E-state index contributed by atoms with van der Waals surface area (Å²) in [6.07, 6.45) is -2.72. The second-order valence-electron chi connectivity index (χ2n) is 5.59. The Labute approximate surface area is 168 Å². The summed E-state index contributed by atoms with van der Waals surface area (Å²) in [6.45, 7) is 1.40. The Bertz CT molecular complexity index is 842. The van der Waals surface area contributed by atoms with Crippen LogP contribution in [0.1, 0.15) is 18.2 Å². The predicted octanol–water partition coefficient (Wildman–Crippen LogP) is 2.77. The molecule has 0 unspecified atom stereocenters. The first-order valence-electron chi connectivity index (χ1n) is 8.00. The van der Waals surface area contributed by atoms with E-state index in [1.165, 1.54) is 18.3 Å². The maximum Gasteiger partial charge on any atom is 0.407 e. The van der Waals surface area contributed by atoms with Crippen LogP contribution in [0.2, 0.25) is 4.34 Å². The molecule has 0 saturated carbocycles. The minimum atomic E-state index is -1.37. The summed E-state index contributed by atoms with van der Waals surface area (Å²) in [5.74, 6) is -0.215. The summed E-state index contributed by atoms with van der Waals surface area (Å²) in [7, 11) is 0. The van der Waals surface area contributed by atoms with Crippen LogP contribution in [0, 0.1) is 0 Å². The molecule has 0 aliphatic heterocycles. The molecule has 0 saturated heterocycles. The van der Waals surface area contributed by atoms with Gasteiger partial charge in [0.05, 0.1) is 5.69 Å². The van der Waals surface area contributed by atoms with Crippen LogP contribution in [-0.4, -0.2) is 39.6 Å². The van der Waals surface area contributed by atoms with Crippen molar-refractivity contribution in [1.29, 1.82) is 0 Å². The van der Waals surface area contributed by atoms with Gasteiger partial charge in [0, 0.05) is 12.6 Å². The van der Waals surface area contributed by atoms with E-state index < -0.39 is 18.5 Å². The van der Waals surface area contributed by atoms with Crippen molar-refractivity contribution in [3.05, 3.63) is 39.9 Å². The summed E-state index contributed by atoms with van der Waals surface area (Å²) >= 11 is 7.34. The van der Waals surface area contributed by atoms with E-state index in [-0.39, 0.29) is 5.91 Å². The molecule has 10 nitrogen and oxygen atoms in total. The van der Waals surface area contributed by atoms with Gasteiger partial charge >= 0.3 is 12.2 Å². The molecular formula is C16H18ClN5O5S. The summed E-state index contributed by atoms with van der Waals surface area (Å²) < 4.78 is 0.518. The van der Waals surface area contributed by atoms with Gasteiger partial charge in [0.2, 0.25) is 5.91 Å². The topological polar surface area (TPSA) is 153 Å². The lowest BCUT2D eigenvalue weighted by atomic mass is 10.1. The molecule has 3 amide bonds. The van der Waals surface area contributed by atoms with Crippen LogP contribution in [0.3, 0.4) is 0 Å². The average molecular weight is 428 g/mol. The van der Waals surface area contributed by atoms with E-state index in [2.05, 4.69) is 15.6 Å². The number of nitrogens with one attached hydrogen (secondary N) is 4. The van der Waals surface area contributed by atoms with Gasteiger partial charge in [-0.25, -0.2) is 14.6 Å². The van der Waals surface area contributed by atoms with Gasteiger partial charge in [-0.3, -0.25) is 15.4 Å². The number of rotatable bonds is 8. The zero-order valence-electron chi connectivity index (χ0n) is 14.7. The van der Waals surface area contributed by atoms with Crippen molar-refractivity contribution in [3.8, 4) is 0 Å². The fourth-order valence-corrected chi connectivity index (χ4v) is 3.39. The molecular weight excluding hydrogens is 410 g/mol. The zero-order valence-corrected chi connectivity index (χ0v) is 16.2. The number of carbonyl (C=O) groups excluding carboxylic acids is 1. The molecule has 0 spiro atoms. The van der Waals surface area contributed by atoms with Crippen LogP contribution in [0.5, 0.6) is 0 Å². The molecule has 0 fully saturated rings. The fourth-order valence-electron chi connectivity index (χ4n) is 2.24. The van der Waals surface area contributed by atoms with Crippen LogP contribution in [0.15, 0.2) is 24.3 Å². The second kappa shape index (κ2) is 9.76. The van der Waals surface area contributed by atoms with Crippen molar-refractivity contribution in [3.63, 3.8) is 0 Å². The smallest absolute Gasteiger partial charge is 0.407 e. The molecule has 2 aromatic rings. The number of aromatic nitrogens is 1. The summed E-state index contributed by atoms with van der Waals surface area (Å²) in [5, 5.41) is 27.3. The van der Waals surface area contributed by atoms with Crippen molar-refractivity contribution in [2.75, 3.05) is 10.6 Å². The van der Waals surface area contributed by atoms with E-state index in [4.69, 9.17) is 21.8 Å². The maximum atomic E-state index is 11.1. The van der Waals surface area contributed by atoms with Gasteiger partial charge in [-0.05, 0) is 30.5 Å². The van der Waals surface area contributed by atoms with Gasteiger partial charge in [-0.2, -0.15) is 0 Å². The Morgan fingerprint density at radius 2 is 1.71 bits per heavy atom. The number of hydrogen-bond acceptors (Lipinski definition) is 6. The fraction of sp³-hybridized carbons (Fsp3) is 0.250. The zero-order chi connectivity index (χ0) is 20.7. The number of aryl methyl sites for hydroxylation is 2. The predicted molar refractivity (Wildman–Crippen MR) is 105 cm³/mol. The Kier molecular flexibility index (Phi) is 7.41. The summed E-state index contributed by atoms with van der Waals surface area (Å²) in [4.78, 5) is 36.8. The summed E-state index contributed by atoms with van der Waals surface area (Å²) in [6, 6.07) is 7.02. The highest BCUT2D eigenvalue weighted by Gasteiger charge is 2.14. The summed E-state index contributed by atoms with van der Waals surface area (Å²) in [5.41, 5.74) is 2.19. The van der Waals surface area contributed by atoms with Crippen molar-refractivity contribution in [1.82, 2.24) is 15.6 Å². The van der Waals surface area contributed by atoms with Gasteiger partial charge in [0.25, 0.3) is 0 Å². The van der Waals surface area contributed by atoms with Crippen LogP contribution < -0.4 is 21.3 Å². The van der Waals surface area contributed by atoms with E-state index in [9.17, 15) is 14.4 Å². The normalized spacial score (nSPS) is 10.4. The number of nitrogens with zero attached hydrogens (tertiary/aromatic N) is 1. The van der Waals surface area contributed by atoms with E-state index in [0.29, 0.717) is 33.7 Å². The molecule has 6 N–H and O–H groups in total. The molecule has 150 valence electrons. The standard InChI is InChI=1S/C16H18ClN5O5S/c1-8(23)18-14-20-11(12(17)28-14)7-4-9-2-5-10(6-3-9)19-13(21-15(24)25)22-16(26)27/h2-3,5-6,13,19,21-22H,4,7H2,1H3,(H,24,25)(H,26,27)(H,18,20,23). The molecule has 1 aromatic heterocycles. The average Bonchev–Trinajstić information content (AvgIpc) is 2.91. The first-order valence-corrected chi connectivity index (χ1v) is 9.19. The minimum absolute atomic E-state index is 0.215. The SMILES string of the molecule is CC(=O)Nc1nc(CCc2ccc(NC(NC(=O)O)NC(=O)O)cc2)c(Cl)s1. The van der Waals surface area contributed by atoms with Crippen molar-refractivity contribution in [2.24, 2.45) is 0 Å². The van der Waals surface area contributed by atoms with Crippen molar-refractivity contribution in [2.45, 2.75) is 26.1 Å². The molecule has 1 heterocycles. The number of anilines is 2. The van der Waals surface area contributed by atoms with Crippen LogP contribution in [-0.2, 0) is 17.6 Å². The van der Waals surface area contributed by atoms with E-state index >= 15 is 0 Å². The first kappa shape index (κ1) is 21.3. The second-order valence-corrected chi connectivity index (χ2v) is 7.19. The molecule has 12 heteroatoms. The Morgan fingerprint density at radius 3 is 2.25 bits per heavy atom. The van der Waals surface area contributed by atoms with E-state index in [1.807, 2.05) is 22.8 Å². The van der Waals surface area contributed by atoms with Gasteiger partial charge in [-0.1, -0.05) is 35.1 Å². The van der Waals surface area contributed by atoms with Crippen molar-refractivity contribution >= 4 is 51.9 Å². The Hall–Kier alpha value is -3.05. The molecule has 1 aromatic carbocycles. The highest BCUT2D eigenvalue weighted by atomic mass is 35.5. The first-order chi connectivity index (χ1) is 13.2. The minimum Gasteiger partial charge on any atom is -0.465 e. The molecule has 0 aliphatic carbocycles. The number of amides is 3. The maximum absolute atomic E-state index is 11.1. The van der Waals surface area contributed by atoms with Crippen LogP contribution in [0.25, 0.3) is 0 Å². The van der Waals surface area contributed by atoms with Gasteiger partial charge in [-0.15, -0.1) is 0 Å². The molecule has 0 radical (unpaired) electrons. The highest BCUT2D eigenvalue weighted by Crippen LogP contribution is 2.29. The Balaban J connectivity index is 1.95. The molecule has 0 atom stereocenters. The van der Waals surface area contributed by atoms with Gasteiger partial charge < -0.3 is 20.8 Å². The number of hydrogen-bond donors (Lipinski definition) is 6. The molecule has 0 bridgehead atoms. The lowest BCUT2D eigenvalue weighted by Gasteiger charge is -2.19. The van der Waals surface area contributed by atoms with Gasteiger partial charge in [0.15, 0.2) is 11.4 Å². The lowest BCUT2D eigenvalue weighted by Crippen LogP contribution is -2.52. The number of halogens is 1. The number of benzene rings is 1. The third-order valence-corrected chi connectivity index (χ3v) is 4.63. The van der Waals surface area contributed by atoms with E-state index in [0.717, 1.165) is 5.56 Å². The lowest BCUT2D eigenvalue weighted by molar-refractivity contribution is -0.114. The monoisotopic (exact) mass is 427 g/mol. The highest BCUT2D eigenvalue weighted by molar-refractivity contribution is 7.19. The Morgan fingerprint density at radius 1 is 1.11 bits per heavy atom. The van der Waals surface area contributed by atoms with E-state index in [1.54, 1.807) is 12.1 Å². The quantitative estimate of drug-likeness (QED) is 0.354. The number of carboxylic acid groups (broad SMARTS) is 2.